The first-order valence-electron chi connectivity index (χ1n) is 9.09. The quantitative estimate of drug-likeness (QED) is 0.372. The number of amides is 1. The van der Waals surface area contributed by atoms with Crippen molar-refractivity contribution in [3.05, 3.63) is 81.5 Å². The van der Waals surface area contributed by atoms with Crippen LogP contribution in [0, 0.1) is 13.8 Å². The monoisotopic (exact) mass is 421 g/mol. The molecule has 2 heterocycles. The number of nitrogens with one attached hydrogen (secondary N) is 1. The zero-order chi connectivity index (χ0) is 20.4. The van der Waals surface area contributed by atoms with Gasteiger partial charge < -0.3 is 5.32 Å². The van der Waals surface area contributed by atoms with Gasteiger partial charge in [-0.05, 0) is 48.6 Å². The standard InChI is InChI=1S/C22H19N3O2S2/c1-14-7-3-5-9-16(14)23-19(26)13-29-22-24-17-11-12-28-20(17)21(27)25(22)18-10-6-4-8-15(18)2/h3-12H,13H2,1-2H3,(H,23,26). The smallest absolute Gasteiger partial charge is 0.276 e. The lowest BCUT2D eigenvalue weighted by molar-refractivity contribution is -0.113. The third-order valence-corrected chi connectivity index (χ3v) is 6.39. The van der Waals surface area contributed by atoms with Gasteiger partial charge >= 0.3 is 0 Å². The van der Waals surface area contributed by atoms with Crippen LogP contribution >= 0.6 is 23.1 Å². The van der Waals surface area contributed by atoms with Crippen LogP contribution in [0.5, 0.6) is 0 Å². The lowest BCUT2D eigenvalue weighted by Gasteiger charge is -2.14. The van der Waals surface area contributed by atoms with Gasteiger partial charge in [-0.15, -0.1) is 11.3 Å². The Kier molecular flexibility index (Phi) is 5.51. The van der Waals surface area contributed by atoms with E-state index < -0.39 is 0 Å². The molecule has 0 fully saturated rings. The molecule has 0 aliphatic carbocycles. The van der Waals surface area contributed by atoms with Gasteiger partial charge in [0.2, 0.25) is 5.91 Å². The van der Waals surface area contributed by atoms with Crippen LogP contribution < -0.4 is 10.9 Å². The molecule has 1 N–H and O–H groups in total. The zero-order valence-electron chi connectivity index (χ0n) is 16.0. The van der Waals surface area contributed by atoms with Crippen LogP contribution in [0.3, 0.4) is 0 Å². The van der Waals surface area contributed by atoms with Crippen LogP contribution in [0.1, 0.15) is 11.1 Å². The van der Waals surface area contributed by atoms with E-state index in [-0.39, 0.29) is 17.2 Å². The fourth-order valence-electron chi connectivity index (χ4n) is 3.05. The molecule has 0 saturated carbocycles. The van der Waals surface area contributed by atoms with E-state index in [1.165, 1.54) is 23.1 Å². The summed E-state index contributed by atoms with van der Waals surface area (Å²) in [5, 5.41) is 5.30. The summed E-state index contributed by atoms with van der Waals surface area (Å²) >= 11 is 2.64. The number of aromatic nitrogens is 2. The Bertz CT molecular complexity index is 1260. The molecular formula is C22H19N3O2S2. The fraction of sp³-hybridized carbons (Fsp3) is 0.136. The Morgan fingerprint density at radius 2 is 1.79 bits per heavy atom. The van der Waals surface area contributed by atoms with Gasteiger partial charge in [0.15, 0.2) is 5.16 Å². The molecule has 2 aromatic carbocycles. The lowest BCUT2D eigenvalue weighted by Crippen LogP contribution is -2.22. The molecule has 5 nitrogen and oxygen atoms in total. The number of carbonyl (C=O) groups is 1. The molecule has 4 aromatic rings. The molecular weight excluding hydrogens is 402 g/mol. The molecule has 0 spiro atoms. The van der Waals surface area contributed by atoms with E-state index in [0.717, 1.165) is 22.5 Å². The van der Waals surface area contributed by atoms with Crippen molar-refractivity contribution in [1.82, 2.24) is 9.55 Å². The van der Waals surface area contributed by atoms with Gasteiger partial charge in [-0.2, -0.15) is 0 Å². The van der Waals surface area contributed by atoms with Crippen LogP contribution in [-0.4, -0.2) is 21.2 Å². The van der Waals surface area contributed by atoms with Crippen molar-refractivity contribution >= 4 is 44.9 Å². The zero-order valence-corrected chi connectivity index (χ0v) is 17.6. The highest BCUT2D eigenvalue weighted by atomic mass is 32.2. The molecule has 0 aliphatic rings. The molecule has 0 atom stereocenters. The van der Waals surface area contributed by atoms with Crippen LogP contribution in [0.4, 0.5) is 5.69 Å². The van der Waals surface area contributed by atoms with Crippen molar-refractivity contribution < 1.29 is 4.79 Å². The lowest BCUT2D eigenvalue weighted by atomic mass is 10.2. The van der Waals surface area contributed by atoms with E-state index in [1.54, 1.807) is 4.57 Å². The first-order chi connectivity index (χ1) is 14.0. The average Bonchev–Trinajstić information content (AvgIpc) is 3.18. The number of carbonyl (C=O) groups excluding carboxylic acids is 1. The highest BCUT2D eigenvalue weighted by Crippen LogP contribution is 2.25. The Balaban J connectivity index is 1.67. The van der Waals surface area contributed by atoms with Crippen molar-refractivity contribution in [2.75, 3.05) is 11.1 Å². The van der Waals surface area contributed by atoms with Crippen molar-refractivity contribution in [2.45, 2.75) is 19.0 Å². The molecule has 0 aliphatic heterocycles. The SMILES string of the molecule is Cc1ccccc1NC(=O)CSc1nc2ccsc2c(=O)n1-c1ccccc1C. The van der Waals surface area contributed by atoms with Crippen LogP contribution in [-0.2, 0) is 4.79 Å². The molecule has 1 amide bonds. The maximum Gasteiger partial charge on any atom is 0.276 e. The molecule has 146 valence electrons. The Labute approximate surface area is 176 Å². The second kappa shape index (κ2) is 8.23. The van der Waals surface area contributed by atoms with Gasteiger partial charge in [0.25, 0.3) is 5.56 Å². The summed E-state index contributed by atoms with van der Waals surface area (Å²) in [6.45, 7) is 3.91. The molecule has 2 aromatic heterocycles. The topological polar surface area (TPSA) is 64.0 Å². The first kappa shape index (κ1) is 19.4. The van der Waals surface area contributed by atoms with Gasteiger partial charge in [-0.1, -0.05) is 48.2 Å². The Morgan fingerprint density at radius 1 is 1.07 bits per heavy atom. The number of nitrogens with zero attached hydrogens (tertiary/aromatic N) is 2. The number of thiophene rings is 1. The van der Waals surface area contributed by atoms with E-state index in [1.807, 2.05) is 73.8 Å². The van der Waals surface area contributed by atoms with Gasteiger partial charge in [0, 0.05) is 5.69 Å². The average molecular weight is 422 g/mol. The van der Waals surface area contributed by atoms with Gasteiger partial charge in [-0.25, -0.2) is 4.98 Å². The van der Waals surface area contributed by atoms with Crippen molar-refractivity contribution in [3.63, 3.8) is 0 Å². The third kappa shape index (κ3) is 3.97. The maximum absolute atomic E-state index is 13.2. The number of benzene rings is 2. The summed E-state index contributed by atoms with van der Waals surface area (Å²) in [6.07, 6.45) is 0. The summed E-state index contributed by atoms with van der Waals surface area (Å²) in [5.41, 5.74) is 4.09. The Hall–Kier alpha value is -2.90. The van der Waals surface area contributed by atoms with Crippen molar-refractivity contribution in [1.29, 1.82) is 0 Å². The first-order valence-corrected chi connectivity index (χ1v) is 11.0. The highest BCUT2D eigenvalue weighted by Gasteiger charge is 2.17. The summed E-state index contributed by atoms with van der Waals surface area (Å²) in [4.78, 5) is 30.3. The number of aryl methyl sites for hydroxylation is 2. The third-order valence-electron chi connectivity index (χ3n) is 4.56. The molecule has 7 heteroatoms. The Morgan fingerprint density at radius 3 is 2.55 bits per heavy atom. The molecule has 0 bridgehead atoms. The molecule has 0 saturated heterocycles. The molecule has 29 heavy (non-hydrogen) atoms. The molecule has 4 rings (SSSR count). The second-order valence-corrected chi connectivity index (χ2v) is 8.47. The number of rotatable bonds is 5. The van der Waals surface area contributed by atoms with E-state index in [4.69, 9.17) is 0 Å². The minimum absolute atomic E-state index is 0.110. The van der Waals surface area contributed by atoms with E-state index in [0.29, 0.717) is 15.4 Å². The predicted octanol–water partition coefficient (Wildman–Crippen LogP) is 4.79. The maximum atomic E-state index is 13.2. The van der Waals surface area contributed by atoms with Gasteiger partial charge in [0.1, 0.15) is 4.70 Å². The van der Waals surface area contributed by atoms with Gasteiger partial charge in [0.05, 0.1) is 17.0 Å². The highest BCUT2D eigenvalue weighted by molar-refractivity contribution is 7.99. The van der Waals surface area contributed by atoms with E-state index >= 15 is 0 Å². The number of thioether (sulfide) groups is 1. The normalized spacial score (nSPS) is 11.0. The van der Waals surface area contributed by atoms with Crippen LogP contribution in [0.15, 0.2) is 69.9 Å². The largest absolute Gasteiger partial charge is 0.325 e. The number of anilines is 1. The summed E-state index contributed by atoms with van der Waals surface area (Å²) < 4.78 is 2.22. The number of hydrogen-bond donors (Lipinski definition) is 1. The van der Waals surface area contributed by atoms with Crippen molar-refractivity contribution in [3.8, 4) is 5.69 Å². The number of hydrogen-bond acceptors (Lipinski definition) is 5. The fourth-order valence-corrected chi connectivity index (χ4v) is 4.61. The van der Waals surface area contributed by atoms with Crippen molar-refractivity contribution in [2.24, 2.45) is 0 Å². The number of fused-ring (bicyclic) bond motifs is 1. The number of para-hydroxylation sites is 2. The minimum atomic E-state index is -0.139. The molecule has 0 radical (unpaired) electrons. The summed E-state index contributed by atoms with van der Waals surface area (Å²) in [6, 6.07) is 17.2. The summed E-state index contributed by atoms with van der Waals surface area (Å²) in [7, 11) is 0. The summed E-state index contributed by atoms with van der Waals surface area (Å²) in [5.74, 6) is 0.0164. The van der Waals surface area contributed by atoms with E-state index in [9.17, 15) is 9.59 Å². The van der Waals surface area contributed by atoms with Crippen LogP contribution in [0.2, 0.25) is 0 Å². The second-order valence-electron chi connectivity index (χ2n) is 6.61. The van der Waals surface area contributed by atoms with Crippen LogP contribution in [0.25, 0.3) is 15.9 Å². The van der Waals surface area contributed by atoms with Gasteiger partial charge in [-0.3, -0.25) is 14.2 Å². The predicted molar refractivity (Wildman–Crippen MR) is 120 cm³/mol. The minimum Gasteiger partial charge on any atom is -0.325 e. The molecule has 0 unspecified atom stereocenters. The van der Waals surface area contributed by atoms with E-state index in [2.05, 4.69) is 10.3 Å².